The summed E-state index contributed by atoms with van der Waals surface area (Å²) >= 11 is 0. The quantitative estimate of drug-likeness (QED) is 0.599. The number of amides is 1. The van der Waals surface area contributed by atoms with Crippen LogP contribution in [0.4, 0.5) is 4.39 Å². The van der Waals surface area contributed by atoms with E-state index in [1.54, 1.807) is 18.3 Å². The van der Waals surface area contributed by atoms with Gasteiger partial charge in [0.2, 0.25) is 5.91 Å². The first kappa shape index (κ1) is 19.4. The maximum absolute atomic E-state index is 14.2. The summed E-state index contributed by atoms with van der Waals surface area (Å²) in [5, 5.41) is 0.730. The Morgan fingerprint density at radius 2 is 1.62 bits per heavy atom. The molecule has 4 rings (SSSR count). The van der Waals surface area contributed by atoms with Crippen LogP contribution in [0.15, 0.2) is 54.7 Å². The first-order chi connectivity index (χ1) is 14.0. The fraction of sp³-hybridized carbons (Fsp3) is 0.333. The van der Waals surface area contributed by atoms with E-state index in [9.17, 15) is 14.0 Å². The average molecular weight is 392 g/mol. The van der Waals surface area contributed by atoms with E-state index in [-0.39, 0.29) is 35.9 Å². The molecule has 0 radical (unpaired) electrons. The van der Waals surface area contributed by atoms with Crippen molar-refractivity contribution in [2.45, 2.75) is 51.7 Å². The number of hydrogen-bond donors (Lipinski definition) is 0. The Morgan fingerprint density at radius 3 is 2.34 bits per heavy atom. The van der Waals surface area contributed by atoms with Crippen molar-refractivity contribution in [3.8, 4) is 0 Å². The van der Waals surface area contributed by atoms with Crippen molar-refractivity contribution in [1.82, 2.24) is 9.47 Å². The van der Waals surface area contributed by atoms with Crippen molar-refractivity contribution in [1.29, 1.82) is 0 Å². The molecule has 0 saturated carbocycles. The van der Waals surface area contributed by atoms with Crippen LogP contribution in [-0.2, 0) is 11.3 Å². The molecule has 1 saturated heterocycles. The normalized spacial score (nSPS) is 19.5. The van der Waals surface area contributed by atoms with Crippen LogP contribution < -0.4 is 0 Å². The van der Waals surface area contributed by atoms with E-state index in [0.29, 0.717) is 5.56 Å². The molecule has 5 heteroatoms. The number of benzene rings is 2. The third kappa shape index (κ3) is 3.57. The van der Waals surface area contributed by atoms with Crippen molar-refractivity contribution in [3.05, 3.63) is 71.7 Å². The Balaban J connectivity index is 1.70. The molecule has 1 aromatic heterocycles. The molecule has 150 valence electrons. The smallest absolute Gasteiger partial charge is 0.242 e. The number of carbonyl (C=O) groups is 2. The van der Waals surface area contributed by atoms with Crippen LogP contribution in [-0.4, -0.2) is 33.2 Å². The van der Waals surface area contributed by atoms with Crippen molar-refractivity contribution < 1.29 is 14.0 Å². The number of aromatic nitrogens is 1. The third-order valence-electron chi connectivity index (χ3n) is 5.94. The highest BCUT2D eigenvalue weighted by atomic mass is 19.1. The van der Waals surface area contributed by atoms with Gasteiger partial charge in [0.15, 0.2) is 5.78 Å². The zero-order valence-corrected chi connectivity index (χ0v) is 16.8. The highest BCUT2D eigenvalue weighted by Crippen LogP contribution is 2.27. The first-order valence-corrected chi connectivity index (χ1v) is 10.2. The van der Waals surface area contributed by atoms with Crippen LogP contribution in [0.25, 0.3) is 10.9 Å². The van der Waals surface area contributed by atoms with Crippen LogP contribution in [0.3, 0.4) is 0 Å². The number of halogens is 1. The fourth-order valence-electron chi connectivity index (χ4n) is 4.49. The molecule has 1 aliphatic heterocycles. The second-order valence-corrected chi connectivity index (χ2v) is 7.93. The topological polar surface area (TPSA) is 42.3 Å². The standard InChI is InChI=1S/C24H25FN2O2/c1-16-8-7-9-17(2)27(16)23(28)15-26-14-20(18-10-4-6-13-22(18)26)24(29)19-11-3-5-12-21(19)25/h3-6,10-14,16-17H,7-9,15H2,1-2H3. The number of carbonyl (C=O) groups excluding carboxylic acids is 2. The first-order valence-electron chi connectivity index (χ1n) is 10.2. The van der Waals surface area contributed by atoms with Gasteiger partial charge >= 0.3 is 0 Å². The second-order valence-electron chi connectivity index (χ2n) is 7.93. The zero-order valence-electron chi connectivity index (χ0n) is 16.8. The molecule has 0 bridgehead atoms. The minimum atomic E-state index is -0.540. The van der Waals surface area contributed by atoms with Crippen LogP contribution in [0, 0.1) is 5.82 Å². The predicted molar refractivity (Wildman–Crippen MR) is 111 cm³/mol. The van der Waals surface area contributed by atoms with E-state index in [2.05, 4.69) is 13.8 Å². The summed E-state index contributed by atoms with van der Waals surface area (Å²) in [5.74, 6) is -0.859. The molecule has 2 atom stereocenters. The number of ketones is 1. The number of para-hydroxylation sites is 1. The largest absolute Gasteiger partial charge is 0.337 e. The van der Waals surface area contributed by atoms with Gasteiger partial charge in [-0.05, 0) is 51.3 Å². The highest BCUT2D eigenvalue weighted by Gasteiger charge is 2.29. The molecule has 1 amide bonds. The molecule has 1 fully saturated rings. The molecule has 2 aromatic carbocycles. The molecular formula is C24H25FN2O2. The molecule has 2 unspecified atom stereocenters. The van der Waals surface area contributed by atoms with Gasteiger partial charge in [0.1, 0.15) is 12.4 Å². The number of piperidine rings is 1. The maximum Gasteiger partial charge on any atom is 0.242 e. The molecule has 0 N–H and O–H groups in total. The summed E-state index contributed by atoms with van der Waals surface area (Å²) in [6.45, 7) is 4.35. The summed E-state index contributed by atoms with van der Waals surface area (Å²) in [6, 6.07) is 13.9. The Labute approximate surface area is 169 Å². The van der Waals surface area contributed by atoms with Crippen molar-refractivity contribution in [3.63, 3.8) is 0 Å². The maximum atomic E-state index is 14.2. The van der Waals surface area contributed by atoms with Gasteiger partial charge in [-0.2, -0.15) is 0 Å². The summed E-state index contributed by atoms with van der Waals surface area (Å²) < 4.78 is 16.0. The van der Waals surface area contributed by atoms with Gasteiger partial charge in [-0.3, -0.25) is 9.59 Å². The van der Waals surface area contributed by atoms with Gasteiger partial charge in [0, 0.05) is 34.7 Å². The Kier molecular flexibility index (Phi) is 5.22. The van der Waals surface area contributed by atoms with Gasteiger partial charge in [-0.1, -0.05) is 30.3 Å². The fourth-order valence-corrected chi connectivity index (χ4v) is 4.49. The molecule has 0 aliphatic carbocycles. The SMILES string of the molecule is CC1CCCC(C)N1C(=O)Cn1cc(C(=O)c2ccccc2F)c2ccccc21. The molecule has 1 aliphatic rings. The summed E-state index contributed by atoms with van der Waals surface area (Å²) in [6.07, 6.45) is 4.86. The van der Waals surface area contributed by atoms with E-state index >= 15 is 0 Å². The lowest BCUT2D eigenvalue weighted by Crippen LogP contribution is -2.48. The number of rotatable bonds is 4. The molecular weight excluding hydrogens is 367 g/mol. The second kappa shape index (κ2) is 7.82. The van der Waals surface area contributed by atoms with Crippen LogP contribution in [0.5, 0.6) is 0 Å². The number of nitrogens with zero attached hydrogens (tertiary/aromatic N) is 2. The van der Waals surface area contributed by atoms with Gasteiger partial charge < -0.3 is 9.47 Å². The van der Waals surface area contributed by atoms with Gasteiger partial charge in [0.05, 0.1) is 5.56 Å². The van der Waals surface area contributed by atoms with Gasteiger partial charge in [-0.25, -0.2) is 4.39 Å². The minimum absolute atomic E-state index is 0.0417. The average Bonchev–Trinajstić information content (AvgIpc) is 3.06. The number of likely N-dealkylation sites (tertiary alicyclic amines) is 1. The number of hydrogen-bond acceptors (Lipinski definition) is 2. The molecule has 4 nitrogen and oxygen atoms in total. The van der Waals surface area contributed by atoms with E-state index in [0.717, 1.165) is 30.2 Å². The summed E-state index contributed by atoms with van der Waals surface area (Å²) in [5.41, 5.74) is 1.26. The van der Waals surface area contributed by atoms with Gasteiger partial charge in [0.25, 0.3) is 0 Å². The summed E-state index contributed by atoms with van der Waals surface area (Å²) in [7, 11) is 0. The lowest BCUT2D eigenvalue weighted by molar-refractivity contribution is -0.137. The third-order valence-corrected chi connectivity index (χ3v) is 5.94. The van der Waals surface area contributed by atoms with E-state index in [1.807, 2.05) is 33.7 Å². The van der Waals surface area contributed by atoms with Crippen molar-refractivity contribution in [2.75, 3.05) is 0 Å². The molecule has 2 heterocycles. The Bertz CT molecular complexity index is 1060. The minimum Gasteiger partial charge on any atom is -0.337 e. The van der Waals surface area contributed by atoms with Crippen LogP contribution in [0.1, 0.15) is 49.0 Å². The van der Waals surface area contributed by atoms with Gasteiger partial charge in [-0.15, -0.1) is 0 Å². The van der Waals surface area contributed by atoms with Crippen LogP contribution >= 0.6 is 0 Å². The summed E-state index contributed by atoms with van der Waals surface area (Å²) in [4.78, 5) is 28.1. The monoisotopic (exact) mass is 392 g/mol. The zero-order chi connectivity index (χ0) is 20.5. The highest BCUT2D eigenvalue weighted by molar-refractivity contribution is 6.16. The van der Waals surface area contributed by atoms with E-state index in [1.165, 1.54) is 12.1 Å². The van der Waals surface area contributed by atoms with Crippen molar-refractivity contribution in [2.24, 2.45) is 0 Å². The Hall–Kier alpha value is -2.95. The molecule has 0 spiro atoms. The lowest BCUT2D eigenvalue weighted by atomic mass is 9.97. The van der Waals surface area contributed by atoms with Crippen LogP contribution in [0.2, 0.25) is 0 Å². The molecule has 3 aromatic rings. The Morgan fingerprint density at radius 1 is 0.966 bits per heavy atom. The molecule has 29 heavy (non-hydrogen) atoms. The van der Waals surface area contributed by atoms with Crippen molar-refractivity contribution >= 4 is 22.6 Å². The number of fused-ring (bicyclic) bond motifs is 1. The predicted octanol–water partition coefficient (Wildman–Crippen LogP) is 4.80. The lowest BCUT2D eigenvalue weighted by Gasteiger charge is -2.39. The van der Waals surface area contributed by atoms with E-state index < -0.39 is 5.82 Å². The van der Waals surface area contributed by atoms with E-state index in [4.69, 9.17) is 0 Å².